The minimum absolute atomic E-state index is 0.105. The van der Waals surface area contributed by atoms with E-state index in [0.29, 0.717) is 22.4 Å². The fourth-order valence-electron chi connectivity index (χ4n) is 3.35. The van der Waals surface area contributed by atoms with E-state index in [2.05, 4.69) is 31.5 Å². The molecule has 1 N–H and O–H groups in total. The van der Waals surface area contributed by atoms with Crippen molar-refractivity contribution >= 4 is 44.3 Å². The van der Waals surface area contributed by atoms with Gasteiger partial charge in [0.1, 0.15) is 0 Å². The summed E-state index contributed by atoms with van der Waals surface area (Å²) in [5.41, 5.74) is 1.24. The Kier molecular flexibility index (Phi) is 5.58. The van der Waals surface area contributed by atoms with E-state index in [-0.39, 0.29) is 16.6 Å². The van der Waals surface area contributed by atoms with Crippen LogP contribution in [0.1, 0.15) is 5.56 Å². The molecule has 2 heterocycles. The minimum Gasteiger partial charge on any atom is -0.338 e. The number of hydrogen-bond donors (Lipinski definition) is 1. The summed E-state index contributed by atoms with van der Waals surface area (Å²) in [6.45, 7) is 3.38. The summed E-state index contributed by atoms with van der Waals surface area (Å²) in [6, 6.07) is 14.1. The molecule has 0 spiro atoms. The molecule has 9 heteroatoms. The van der Waals surface area contributed by atoms with E-state index in [1.54, 1.807) is 24.3 Å². The van der Waals surface area contributed by atoms with Crippen LogP contribution in [0.4, 0.5) is 11.8 Å². The monoisotopic (exact) mass is 431 g/mol. The van der Waals surface area contributed by atoms with Crippen molar-refractivity contribution in [3.05, 3.63) is 54.1 Å². The first kappa shape index (κ1) is 19.9. The zero-order chi connectivity index (χ0) is 20.4. The Morgan fingerprint density at radius 3 is 2.45 bits per heavy atom. The number of piperazine rings is 1. The molecule has 0 saturated carbocycles. The lowest BCUT2D eigenvalue weighted by Crippen LogP contribution is -2.45. The van der Waals surface area contributed by atoms with Gasteiger partial charge in [0, 0.05) is 37.4 Å². The Morgan fingerprint density at radius 1 is 1.00 bits per heavy atom. The topological polar surface area (TPSA) is 78.4 Å². The van der Waals surface area contributed by atoms with Gasteiger partial charge in [-0.1, -0.05) is 30.3 Å². The number of likely N-dealkylation sites (N-methyl/N-ethyl adjacent to an activating group) is 1. The van der Waals surface area contributed by atoms with Gasteiger partial charge in [0.15, 0.2) is 5.82 Å². The molecule has 0 unspecified atom stereocenters. The molecule has 1 saturated heterocycles. The van der Waals surface area contributed by atoms with Gasteiger partial charge in [-0.05, 0) is 30.8 Å². The summed E-state index contributed by atoms with van der Waals surface area (Å²) in [7, 11) is -1.78. The third-order valence-electron chi connectivity index (χ3n) is 5.01. The van der Waals surface area contributed by atoms with Gasteiger partial charge in [-0.25, -0.2) is 13.4 Å². The molecular weight excluding hydrogens is 410 g/mol. The number of alkyl halides is 1. The van der Waals surface area contributed by atoms with Crippen LogP contribution in [0.15, 0.2) is 53.4 Å². The highest BCUT2D eigenvalue weighted by Crippen LogP contribution is 2.27. The predicted octanol–water partition coefficient (Wildman–Crippen LogP) is 2.92. The summed E-state index contributed by atoms with van der Waals surface area (Å²) in [4.78, 5) is 13.7. The van der Waals surface area contributed by atoms with Crippen LogP contribution in [0.25, 0.3) is 10.9 Å². The van der Waals surface area contributed by atoms with Crippen LogP contribution in [0.3, 0.4) is 0 Å². The van der Waals surface area contributed by atoms with Crippen molar-refractivity contribution < 1.29 is 8.42 Å². The second-order valence-corrected chi connectivity index (χ2v) is 8.94. The van der Waals surface area contributed by atoms with Crippen molar-refractivity contribution in [2.75, 3.05) is 42.8 Å². The highest BCUT2D eigenvalue weighted by molar-refractivity contribution is 7.92. The van der Waals surface area contributed by atoms with Crippen molar-refractivity contribution in [2.45, 2.75) is 10.8 Å². The van der Waals surface area contributed by atoms with Gasteiger partial charge >= 0.3 is 0 Å². The smallest absolute Gasteiger partial charge is 0.263 e. The number of halogens is 1. The molecule has 29 heavy (non-hydrogen) atoms. The van der Waals surface area contributed by atoms with E-state index in [1.165, 1.54) is 0 Å². The first-order valence-corrected chi connectivity index (χ1v) is 11.4. The first-order valence-electron chi connectivity index (χ1n) is 9.35. The Bertz CT molecular complexity index is 1130. The van der Waals surface area contributed by atoms with Crippen molar-refractivity contribution in [3.63, 3.8) is 0 Å². The Hall–Kier alpha value is -2.42. The molecule has 1 aliphatic rings. The second kappa shape index (κ2) is 8.14. The summed E-state index contributed by atoms with van der Waals surface area (Å²) < 4.78 is 28.9. The molecule has 1 aliphatic heterocycles. The number of sulfonamides is 1. The summed E-state index contributed by atoms with van der Waals surface area (Å²) >= 11 is 5.95. The number of hydrogen-bond acceptors (Lipinski definition) is 6. The van der Waals surface area contributed by atoms with Crippen molar-refractivity contribution in [2.24, 2.45) is 0 Å². The third kappa shape index (κ3) is 4.14. The van der Waals surface area contributed by atoms with Crippen LogP contribution < -0.4 is 9.62 Å². The number of fused-ring (bicyclic) bond motifs is 1. The molecule has 2 aromatic carbocycles. The molecule has 1 aromatic heterocycles. The minimum atomic E-state index is -3.86. The molecule has 0 aliphatic carbocycles. The van der Waals surface area contributed by atoms with Crippen LogP contribution in [-0.4, -0.2) is 56.5 Å². The summed E-state index contributed by atoms with van der Waals surface area (Å²) in [6.07, 6.45) is 0. The van der Waals surface area contributed by atoms with Gasteiger partial charge in [0.05, 0.1) is 10.4 Å². The van der Waals surface area contributed by atoms with Crippen LogP contribution >= 0.6 is 11.6 Å². The number of para-hydroxylation sites is 1. The number of benzene rings is 2. The number of rotatable bonds is 5. The van der Waals surface area contributed by atoms with E-state index in [9.17, 15) is 8.42 Å². The number of nitrogens with zero attached hydrogens (tertiary/aromatic N) is 4. The van der Waals surface area contributed by atoms with Gasteiger partial charge in [-0.15, -0.1) is 11.6 Å². The molecule has 0 amide bonds. The van der Waals surface area contributed by atoms with Gasteiger partial charge in [0.25, 0.3) is 10.0 Å². The molecule has 0 bridgehead atoms. The number of nitrogens with one attached hydrogen (secondary N) is 1. The lowest BCUT2D eigenvalue weighted by molar-refractivity contribution is 0.311. The summed E-state index contributed by atoms with van der Waals surface area (Å²) in [5.74, 6) is 0.905. The van der Waals surface area contributed by atoms with Crippen LogP contribution in [-0.2, 0) is 15.9 Å². The average Bonchev–Trinajstić information content (AvgIpc) is 2.74. The molecule has 152 valence electrons. The fourth-order valence-corrected chi connectivity index (χ4v) is 4.92. The van der Waals surface area contributed by atoms with Gasteiger partial charge in [-0.2, -0.15) is 4.98 Å². The van der Waals surface area contributed by atoms with E-state index >= 15 is 0 Å². The lowest BCUT2D eigenvalue weighted by atomic mass is 10.2. The number of anilines is 2. The quantitative estimate of drug-likeness (QED) is 0.626. The SMILES string of the molecule is CN1CCN(c2nc(NS(=O)(=O)c3ccccc3CCl)c3ccccc3n2)CC1. The van der Waals surface area contributed by atoms with E-state index in [0.717, 1.165) is 26.2 Å². The molecule has 0 atom stereocenters. The van der Waals surface area contributed by atoms with E-state index in [1.807, 2.05) is 24.3 Å². The Morgan fingerprint density at radius 2 is 1.69 bits per heavy atom. The normalized spacial score (nSPS) is 15.6. The molecule has 4 rings (SSSR count). The van der Waals surface area contributed by atoms with Gasteiger partial charge in [0.2, 0.25) is 5.95 Å². The third-order valence-corrected chi connectivity index (χ3v) is 6.74. The molecule has 7 nitrogen and oxygen atoms in total. The lowest BCUT2D eigenvalue weighted by Gasteiger charge is -2.32. The maximum Gasteiger partial charge on any atom is 0.263 e. The highest BCUT2D eigenvalue weighted by atomic mass is 35.5. The fraction of sp³-hybridized carbons (Fsp3) is 0.300. The highest BCUT2D eigenvalue weighted by Gasteiger charge is 2.22. The van der Waals surface area contributed by atoms with Crippen molar-refractivity contribution in [3.8, 4) is 0 Å². The predicted molar refractivity (Wildman–Crippen MR) is 116 cm³/mol. The van der Waals surface area contributed by atoms with Crippen LogP contribution in [0.2, 0.25) is 0 Å². The zero-order valence-electron chi connectivity index (χ0n) is 16.0. The molecule has 0 radical (unpaired) electrons. The Labute approximate surface area is 175 Å². The standard InChI is InChI=1S/C20H22ClN5O2S/c1-25-10-12-26(13-11-25)20-22-17-8-4-3-7-16(17)19(23-20)24-29(27,28)18-9-5-2-6-15(18)14-21/h2-9H,10-14H2,1H3,(H,22,23,24). The maximum atomic E-state index is 13.1. The molecular formula is C20H22ClN5O2S. The average molecular weight is 432 g/mol. The zero-order valence-corrected chi connectivity index (χ0v) is 17.6. The van der Waals surface area contributed by atoms with Crippen molar-refractivity contribution in [1.29, 1.82) is 0 Å². The van der Waals surface area contributed by atoms with Gasteiger partial charge < -0.3 is 9.80 Å². The first-order chi connectivity index (χ1) is 14.0. The summed E-state index contributed by atoms with van der Waals surface area (Å²) in [5, 5.41) is 0.650. The van der Waals surface area contributed by atoms with Crippen LogP contribution in [0, 0.1) is 0 Å². The maximum absolute atomic E-state index is 13.1. The van der Waals surface area contributed by atoms with Crippen molar-refractivity contribution in [1.82, 2.24) is 14.9 Å². The number of aromatic nitrogens is 2. The second-order valence-electron chi connectivity index (χ2n) is 7.03. The van der Waals surface area contributed by atoms with E-state index in [4.69, 9.17) is 11.6 Å². The molecule has 3 aromatic rings. The largest absolute Gasteiger partial charge is 0.338 e. The van der Waals surface area contributed by atoms with E-state index < -0.39 is 10.0 Å². The Balaban J connectivity index is 1.76. The van der Waals surface area contributed by atoms with Gasteiger partial charge in [-0.3, -0.25) is 4.72 Å². The molecule has 1 fully saturated rings. The van der Waals surface area contributed by atoms with Crippen LogP contribution in [0.5, 0.6) is 0 Å².